The number of hydrogen-bond acceptors (Lipinski definition) is 2. The molecule has 0 saturated carbocycles. The molecule has 2 nitrogen and oxygen atoms in total. The molecule has 1 saturated heterocycles. The van der Waals surface area contributed by atoms with Crippen LogP contribution < -0.4 is 4.90 Å². The van der Waals surface area contributed by atoms with Crippen molar-refractivity contribution in [2.45, 2.75) is 46.1 Å². The summed E-state index contributed by atoms with van der Waals surface area (Å²) < 4.78 is 0. The van der Waals surface area contributed by atoms with Gasteiger partial charge in [-0.15, -0.1) is 0 Å². The van der Waals surface area contributed by atoms with Crippen LogP contribution in [0.5, 0.6) is 0 Å². The van der Waals surface area contributed by atoms with E-state index in [-0.39, 0.29) is 0 Å². The Kier molecular flexibility index (Phi) is 4.42. The zero-order chi connectivity index (χ0) is 14.0. The molecule has 0 bridgehead atoms. The average molecular weight is 282 g/mol. The van der Waals surface area contributed by atoms with E-state index in [1.165, 1.54) is 24.9 Å². The minimum atomic E-state index is -0.510. The van der Waals surface area contributed by atoms with Crippen LogP contribution in [0.15, 0.2) is 18.2 Å². The molecular weight excluding hydrogens is 258 g/mol. The lowest BCUT2D eigenvalue weighted by Crippen LogP contribution is -2.25. The van der Waals surface area contributed by atoms with Crippen molar-refractivity contribution in [1.29, 1.82) is 0 Å². The number of aliphatic hydroxyl groups excluding tert-OH is 1. The second kappa shape index (κ2) is 5.72. The molecule has 1 aromatic rings. The maximum Gasteiger partial charge on any atom is 0.0776 e. The summed E-state index contributed by atoms with van der Waals surface area (Å²) in [5.41, 5.74) is 2.42. The van der Waals surface area contributed by atoms with Gasteiger partial charge in [0.05, 0.1) is 6.10 Å². The normalized spacial score (nSPS) is 21.0. The first-order chi connectivity index (χ1) is 8.89. The lowest BCUT2D eigenvalue weighted by Gasteiger charge is -2.25. The highest BCUT2D eigenvalue weighted by Crippen LogP contribution is 2.33. The van der Waals surface area contributed by atoms with Crippen molar-refractivity contribution in [2.75, 3.05) is 18.0 Å². The first-order valence-electron chi connectivity index (χ1n) is 7.11. The predicted molar refractivity (Wildman–Crippen MR) is 81.9 cm³/mol. The van der Waals surface area contributed by atoms with Gasteiger partial charge in [-0.2, -0.15) is 0 Å². The van der Waals surface area contributed by atoms with E-state index in [0.29, 0.717) is 10.4 Å². The molecular formula is C16H24ClNO. The molecule has 1 atom stereocenters. The highest BCUT2D eigenvalue weighted by atomic mass is 35.5. The third-order valence-electron chi connectivity index (χ3n) is 4.14. The van der Waals surface area contributed by atoms with Crippen molar-refractivity contribution < 1.29 is 5.11 Å². The number of hydrogen-bond donors (Lipinski definition) is 1. The van der Waals surface area contributed by atoms with Crippen molar-refractivity contribution in [2.24, 2.45) is 5.41 Å². The van der Waals surface area contributed by atoms with Crippen LogP contribution in [0.3, 0.4) is 0 Å². The van der Waals surface area contributed by atoms with Gasteiger partial charge in [0.2, 0.25) is 0 Å². The van der Waals surface area contributed by atoms with Crippen molar-refractivity contribution in [3.63, 3.8) is 0 Å². The van der Waals surface area contributed by atoms with Crippen LogP contribution in [-0.2, 0) is 0 Å². The third kappa shape index (κ3) is 3.64. The molecule has 19 heavy (non-hydrogen) atoms. The van der Waals surface area contributed by atoms with Crippen molar-refractivity contribution >= 4 is 17.3 Å². The van der Waals surface area contributed by atoms with Gasteiger partial charge in [0.25, 0.3) is 0 Å². The molecule has 0 radical (unpaired) electrons. The Hall–Kier alpha value is -0.730. The van der Waals surface area contributed by atoms with Crippen molar-refractivity contribution in [3.05, 3.63) is 28.8 Å². The summed E-state index contributed by atoms with van der Waals surface area (Å²) in [5.74, 6) is 0. The third-order valence-corrected chi connectivity index (χ3v) is 4.47. The molecule has 1 N–H and O–H groups in total. The monoisotopic (exact) mass is 281 g/mol. The topological polar surface area (TPSA) is 23.5 Å². The largest absolute Gasteiger partial charge is 0.389 e. The summed E-state index contributed by atoms with van der Waals surface area (Å²) in [4.78, 5) is 2.41. The molecule has 3 heteroatoms. The molecule has 0 amide bonds. The van der Waals surface area contributed by atoms with E-state index in [9.17, 15) is 5.11 Å². The number of benzene rings is 1. The Balaban J connectivity index is 2.16. The molecule has 1 heterocycles. The zero-order valence-electron chi connectivity index (χ0n) is 12.1. The van der Waals surface area contributed by atoms with E-state index in [2.05, 4.69) is 24.8 Å². The first-order valence-corrected chi connectivity index (χ1v) is 7.49. The number of nitrogens with zero attached hydrogens (tertiary/aromatic N) is 1. The Morgan fingerprint density at radius 1 is 1.26 bits per heavy atom. The number of aliphatic hydroxyl groups is 1. The first kappa shape index (κ1) is 14.7. The summed E-state index contributed by atoms with van der Waals surface area (Å²) >= 11 is 6.25. The van der Waals surface area contributed by atoms with Gasteiger partial charge in [0, 0.05) is 23.8 Å². The summed E-state index contributed by atoms with van der Waals surface area (Å²) in [7, 11) is 0. The van der Waals surface area contributed by atoms with E-state index in [4.69, 9.17) is 11.6 Å². The van der Waals surface area contributed by atoms with E-state index < -0.39 is 6.10 Å². The van der Waals surface area contributed by atoms with Crippen LogP contribution in [0.25, 0.3) is 0 Å². The van der Waals surface area contributed by atoms with Crippen LogP contribution in [-0.4, -0.2) is 18.2 Å². The Morgan fingerprint density at radius 2 is 2.00 bits per heavy atom. The molecule has 106 valence electrons. The van der Waals surface area contributed by atoms with E-state index in [0.717, 1.165) is 18.7 Å². The van der Waals surface area contributed by atoms with Gasteiger partial charge in [-0.1, -0.05) is 31.5 Å². The fourth-order valence-electron chi connectivity index (χ4n) is 2.73. The van der Waals surface area contributed by atoms with Gasteiger partial charge in [-0.25, -0.2) is 0 Å². The van der Waals surface area contributed by atoms with E-state index >= 15 is 0 Å². The van der Waals surface area contributed by atoms with E-state index in [1.807, 2.05) is 12.1 Å². The van der Waals surface area contributed by atoms with Gasteiger partial charge in [-0.05, 0) is 49.3 Å². The van der Waals surface area contributed by atoms with Crippen molar-refractivity contribution in [1.82, 2.24) is 0 Å². The fraction of sp³-hybridized carbons (Fsp3) is 0.625. The molecule has 0 aliphatic carbocycles. The summed E-state index contributed by atoms with van der Waals surface area (Å²) in [5, 5.41) is 10.3. The molecule has 1 aliphatic heterocycles. The molecule has 1 fully saturated rings. The predicted octanol–water partition coefficient (Wildman–Crippen LogP) is 4.41. The summed E-state index contributed by atoms with van der Waals surface area (Å²) in [6.07, 6.45) is 3.21. The minimum Gasteiger partial charge on any atom is -0.389 e. The quantitative estimate of drug-likeness (QED) is 0.868. The van der Waals surface area contributed by atoms with Crippen LogP contribution >= 0.6 is 11.6 Å². The lowest BCUT2D eigenvalue weighted by atomic mass is 9.85. The van der Waals surface area contributed by atoms with Crippen LogP contribution in [0, 0.1) is 5.41 Å². The Morgan fingerprint density at radius 3 is 2.63 bits per heavy atom. The SMILES string of the molecule is CC(O)c1ccc(N2CCCC(C)(C)CC2)cc1Cl. The van der Waals surface area contributed by atoms with Crippen LogP contribution in [0.2, 0.25) is 5.02 Å². The molecule has 1 aromatic carbocycles. The van der Waals surface area contributed by atoms with Crippen LogP contribution in [0.1, 0.15) is 51.7 Å². The second-order valence-corrected chi connectivity index (χ2v) is 6.79. The highest BCUT2D eigenvalue weighted by molar-refractivity contribution is 6.31. The molecule has 1 unspecified atom stereocenters. The molecule has 0 aromatic heterocycles. The van der Waals surface area contributed by atoms with Crippen molar-refractivity contribution in [3.8, 4) is 0 Å². The second-order valence-electron chi connectivity index (χ2n) is 6.39. The van der Waals surface area contributed by atoms with Gasteiger partial charge < -0.3 is 10.0 Å². The van der Waals surface area contributed by atoms with E-state index in [1.54, 1.807) is 6.92 Å². The average Bonchev–Trinajstić information content (AvgIpc) is 2.49. The molecule has 1 aliphatic rings. The number of rotatable bonds is 2. The zero-order valence-corrected chi connectivity index (χ0v) is 12.9. The van der Waals surface area contributed by atoms with Gasteiger partial charge in [-0.3, -0.25) is 0 Å². The lowest BCUT2D eigenvalue weighted by molar-refractivity contribution is 0.199. The van der Waals surface area contributed by atoms with Crippen LogP contribution in [0.4, 0.5) is 5.69 Å². The number of anilines is 1. The fourth-order valence-corrected chi connectivity index (χ4v) is 3.07. The number of halogens is 1. The maximum atomic E-state index is 9.62. The summed E-state index contributed by atoms with van der Waals surface area (Å²) in [6, 6.07) is 6.01. The van der Waals surface area contributed by atoms with Gasteiger partial charge in [0.1, 0.15) is 0 Å². The standard InChI is InChI=1S/C16H24ClNO/c1-12(19)14-6-5-13(11-15(14)17)18-9-4-7-16(2,3)8-10-18/h5-6,11-12,19H,4,7-10H2,1-3H3. The smallest absolute Gasteiger partial charge is 0.0776 e. The Bertz CT molecular complexity index is 442. The molecule has 2 rings (SSSR count). The highest BCUT2D eigenvalue weighted by Gasteiger charge is 2.23. The molecule has 0 spiro atoms. The summed E-state index contributed by atoms with van der Waals surface area (Å²) in [6.45, 7) is 8.61. The van der Waals surface area contributed by atoms with Gasteiger partial charge in [0.15, 0.2) is 0 Å². The van der Waals surface area contributed by atoms with Gasteiger partial charge >= 0.3 is 0 Å². The minimum absolute atomic E-state index is 0.443. The maximum absolute atomic E-state index is 9.62. The Labute approximate surface area is 121 Å².